The molecule has 0 saturated heterocycles. The minimum absolute atomic E-state index is 0.117. The molecule has 2 amide bonds. The minimum Gasteiger partial charge on any atom is -0.352 e. The molecule has 30 heavy (non-hydrogen) atoms. The van der Waals surface area contributed by atoms with E-state index in [1.165, 1.54) is 11.3 Å². The van der Waals surface area contributed by atoms with Crippen LogP contribution in [0.3, 0.4) is 0 Å². The topological polar surface area (TPSA) is 71.1 Å². The fourth-order valence-electron chi connectivity index (χ4n) is 2.88. The number of thiazole rings is 1. The molecule has 2 aromatic carbocycles. The van der Waals surface area contributed by atoms with Crippen molar-refractivity contribution in [2.75, 3.05) is 11.9 Å². The van der Waals surface area contributed by atoms with Crippen LogP contribution in [0.15, 0.2) is 42.5 Å². The molecule has 0 bridgehead atoms. The first kappa shape index (κ1) is 22.0. The van der Waals surface area contributed by atoms with Crippen LogP contribution in [-0.4, -0.2) is 23.3 Å². The van der Waals surface area contributed by atoms with E-state index in [-0.39, 0.29) is 11.8 Å². The smallest absolute Gasteiger partial charge is 0.267 e. The van der Waals surface area contributed by atoms with Gasteiger partial charge < -0.3 is 10.6 Å². The SMILES string of the molecule is Cc1cc(C(=O)NCC(C)C)ccc1NC(=O)c1sc(-c2cccc(Cl)c2)nc1C. The van der Waals surface area contributed by atoms with E-state index in [9.17, 15) is 9.59 Å². The zero-order chi connectivity index (χ0) is 21.8. The van der Waals surface area contributed by atoms with Gasteiger partial charge in [0.1, 0.15) is 9.88 Å². The molecule has 0 aliphatic carbocycles. The Labute approximate surface area is 185 Å². The maximum absolute atomic E-state index is 12.8. The predicted octanol–water partition coefficient (Wildman–Crippen LogP) is 5.72. The first-order valence-corrected chi connectivity index (χ1v) is 10.9. The highest BCUT2D eigenvalue weighted by Gasteiger charge is 2.18. The number of rotatable bonds is 6. The zero-order valence-electron chi connectivity index (χ0n) is 17.4. The molecule has 0 spiro atoms. The number of carbonyl (C=O) groups is 2. The van der Waals surface area contributed by atoms with E-state index < -0.39 is 0 Å². The summed E-state index contributed by atoms with van der Waals surface area (Å²) in [6.07, 6.45) is 0. The Morgan fingerprint density at radius 1 is 1.10 bits per heavy atom. The van der Waals surface area contributed by atoms with Crippen LogP contribution in [0.4, 0.5) is 5.69 Å². The number of aryl methyl sites for hydroxylation is 2. The summed E-state index contributed by atoms with van der Waals surface area (Å²) in [5, 5.41) is 7.20. The van der Waals surface area contributed by atoms with E-state index >= 15 is 0 Å². The molecule has 5 nitrogen and oxygen atoms in total. The van der Waals surface area contributed by atoms with Crippen LogP contribution in [-0.2, 0) is 0 Å². The Bertz CT molecular complexity index is 1090. The average Bonchev–Trinajstić information content (AvgIpc) is 3.09. The van der Waals surface area contributed by atoms with Crippen molar-refractivity contribution in [3.63, 3.8) is 0 Å². The van der Waals surface area contributed by atoms with E-state index in [1.54, 1.807) is 24.3 Å². The molecule has 7 heteroatoms. The molecule has 1 aromatic heterocycles. The second-order valence-corrected chi connectivity index (χ2v) is 8.97. The number of anilines is 1. The molecule has 0 unspecified atom stereocenters. The molecule has 3 rings (SSSR count). The monoisotopic (exact) mass is 441 g/mol. The van der Waals surface area contributed by atoms with Gasteiger partial charge in [-0.25, -0.2) is 4.98 Å². The molecular formula is C23H24ClN3O2S. The Balaban J connectivity index is 1.75. The number of halogens is 1. The van der Waals surface area contributed by atoms with Crippen LogP contribution in [0, 0.1) is 19.8 Å². The van der Waals surface area contributed by atoms with E-state index in [0.29, 0.717) is 39.3 Å². The quantitative estimate of drug-likeness (QED) is 0.514. The second kappa shape index (κ2) is 9.41. The summed E-state index contributed by atoms with van der Waals surface area (Å²) < 4.78 is 0. The Morgan fingerprint density at radius 2 is 1.87 bits per heavy atom. The standard InChI is InChI=1S/C23H24ClN3O2S/c1-13(2)12-25-21(28)16-8-9-19(14(3)10-16)27-22(29)20-15(4)26-23(30-20)17-6-5-7-18(24)11-17/h5-11,13H,12H2,1-4H3,(H,25,28)(H,27,29). The van der Waals surface area contributed by atoms with Gasteiger partial charge in [0, 0.05) is 28.4 Å². The summed E-state index contributed by atoms with van der Waals surface area (Å²) in [6, 6.07) is 12.7. The van der Waals surface area contributed by atoms with Gasteiger partial charge in [-0.2, -0.15) is 0 Å². The average molecular weight is 442 g/mol. The summed E-state index contributed by atoms with van der Waals surface area (Å²) in [7, 11) is 0. The number of carbonyl (C=O) groups excluding carboxylic acids is 2. The van der Waals surface area contributed by atoms with Gasteiger partial charge in [-0.1, -0.05) is 37.6 Å². The van der Waals surface area contributed by atoms with Crippen LogP contribution in [0.1, 0.15) is 45.1 Å². The highest BCUT2D eigenvalue weighted by atomic mass is 35.5. The van der Waals surface area contributed by atoms with Gasteiger partial charge >= 0.3 is 0 Å². The highest BCUT2D eigenvalue weighted by Crippen LogP contribution is 2.30. The number of aromatic nitrogens is 1. The van der Waals surface area contributed by atoms with Gasteiger partial charge in [-0.3, -0.25) is 9.59 Å². The summed E-state index contributed by atoms with van der Waals surface area (Å²) in [5.74, 6) is 0.0422. The number of hydrogen-bond acceptors (Lipinski definition) is 4. The van der Waals surface area contributed by atoms with E-state index in [2.05, 4.69) is 15.6 Å². The molecule has 0 aliphatic heterocycles. The molecule has 0 saturated carbocycles. The van der Waals surface area contributed by atoms with Crippen molar-refractivity contribution in [3.8, 4) is 10.6 Å². The van der Waals surface area contributed by atoms with Crippen molar-refractivity contribution in [2.24, 2.45) is 5.92 Å². The molecule has 0 atom stereocenters. The van der Waals surface area contributed by atoms with Crippen LogP contribution in [0.2, 0.25) is 5.02 Å². The normalized spacial score (nSPS) is 10.9. The van der Waals surface area contributed by atoms with Crippen LogP contribution in [0.5, 0.6) is 0 Å². The lowest BCUT2D eigenvalue weighted by atomic mass is 10.1. The third kappa shape index (κ3) is 5.26. The summed E-state index contributed by atoms with van der Waals surface area (Å²) >= 11 is 7.39. The number of benzene rings is 2. The van der Waals surface area contributed by atoms with Crippen LogP contribution >= 0.6 is 22.9 Å². The third-order valence-electron chi connectivity index (χ3n) is 4.48. The maximum Gasteiger partial charge on any atom is 0.267 e. The first-order valence-electron chi connectivity index (χ1n) is 9.68. The predicted molar refractivity (Wildman–Crippen MR) is 124 cm³/mol. The summed E-state index contributed by atoms with van der Waals surface area (Å²) in [6.45, 7) is 8.39. The maximum atomic E-state index is 12.8. The molecule has 0 aliphatic rings. The van der Waals surface area contributed by atoms with Crippen LogP contribution < -0.4 is 10.6 Å². The van der Waals surface area contributed by atoms with Crippen molar-refractivity contribution in [1.82, 2.24) is 10.3 Å². The van der Waals surface area contributed by atoms with Gasteiger partial charge in [0.15, 0.2) is 0 Å². The lowest BCUT2D eigenvalue weighted by Gasteiger charge is -2.11. The molecule has 156 valence electrons. The Hall–Kier alpha value is -2.70. The Morgan fingerprint density at radius 3 is 2.53 bits per heavy atom. The lowest BCUT2D eigenvalue weighted by molar-refractivity contribution is 0.0948. The zero-order valence-corrected chi connectivity index (χ0v) is 18.9. The number of nitrogens with one attached hydrogen (secondary N) is 2. The highest BCUT2D eigenvalue weighted by molar-refractivity contribution is 7.17. The Kier molecular flexibility index (Phi) is 6.90. The summed E-state index contributed by atoms with van der Waals surface area (Å²) in [5.41, 5.74) is 3.59. The fourth-order valence-corrected chi connectivity index (χ4v) is 4.02. The number of amides is 2. The minimum atomic E-state index is -0.224. The van der Waals surface area contributed by atoms with Gasteiger partial charge in [0.2, 0.25) is 0 Å². The van der Waals surface area contributed by atoms with Crippen molar-refractivity contribution < 1.29 is 9.59 Å². The molecule has 0 radical (unpaired) electrons. The van der Waals surface area contributed by atoms with Gasteiger partial charge in [0.05, 0.1) is 5.69 Å². The molecule has 0 fully saturated rings. The van der Waals surface area contributed by atoms with Gasteiger partial charge in [-0.15, -0.1) is 11.3 Å². The second-order valence-electron chi connectivity index (χ2n) is 7.53. The fraction of sp³-hybridized carbons (Fsp3) is 0.261. The molecule has 1 heterocycles. The number of nitrogens with zero attached hydrogens (tertiary/aromatic N) is 1. The van der Waals surface area contributed by atoms with E-state index in [4.69, 9.17) is 11.6 Å². The van der Waals surface area contributed by atoms with Gasteiger partial charge in [-0.05, 0) is 55.7 Å². The van der Waals surface area contributed by atoms with Crippen molar-refractivity contribution in [3.05, 3.63) is 69.2 Å². The molecule has 2 N–H and O–H groups in total. The van der Waals surface area contributed by atoms with Crippen LogP contribution in [0.25, 0.3) is 10.6 Å². The largest absolute Gasteiger partial charge is 0.352 e. The van der Waals surface area contributed by atoms with E-state index in [0.717, 1.165) is 16.1 Å². The molecule has 3 aromatic rings. The summed E-state index contributed by atoms with van der Waals surface area (Å²) in [4.78, 5) is 30.2. The van der Waals surface area contributed by atoms with Crippen molar-refractivity contribution in [2.45, 2.75) is 27.7 Å². The molecular weight excluding hydrogens is 418 g/mol. The lowest BCUT2D eigenvalue weighted by Crippen LogP contribution is -2.27. The van der Waals surface area contributed by atoms with E-state index in [1.807, 2.05) is 45.9 Å². The van der Waals surface area contributed by atoms with Crippen molar-refractivity contribution >= 4 is 40.4 Å². The number of hydrogen-bond donors (Lipinski definition) is 2. The van der Waals surface area contributed by atoms with Crippen molar-refractivity contribution in [1.29, 1.82) is 0 Å². The van der Waals surface area contributed by atoms with Gasteiger partial charge in [0.25, 0.3) is 11.8 Å². The third-order valence-corrected chi connectivity index (χ3v) is 5.92. The first-order chi connectivity index (χ1) is 14.2.